The molecule has 2 saturated heterocycles. The number of rotatable bonds is 6. The average molecular weight is 740 g/mol. The van der Waals surface area contributed by atoms with Crippen molar-refractivity contribution < 1.29 is 19.5 Å². The normalized spacial score (nSPS) is 19.5. The lowest BCUT2D eigenvalue weighted by Gasteiger charge is -2.39. The van der Waals surface area contributed by atoms with Gasteiger partial charge in [0, 0.05) is 75.4 Å². The number of likely N-dealkylation sites (tertiary alicyclic amines) is 1. The summed E-state index contributed by atoms with van der Waals surface area (Å²) in [4.78, 5) is 50.4. The van der Waals surface area contributed by atoms with Crippen LogP contribution in [0.4, 0.5) is 16.2 Å². The highest BCUT2D eigenvalue weighted by Crippen LogP contribution is 2.35. The summed E-state index contributed by atoms with van der Waals surface area (Å²) < 4.78 is 1.01. The Bertz CT molecular complexity index is 1530. The number of aromatic nitrogens is 1. The highest BCUT2D eigenvalue weighted by molar-refractivity contribution is 9.11. The number of carbonyl (C=O) groups is 3. The van der Waals surface area contributed by atoms with Crippen LogP contribution in [0.2, 0.25) is 0 Å². The molecule has 10 nitrogen and oxygen atoms in total. The fourth-order valence-electron chi connectivity index (χ4n) is 6.63. The maximum absolute atomic E-state index is 13.9. The zero-order valence-corrected chi connectivity index (χ0v) is 28.0. The van der Waals surface area contributed by atoms with Gasteiger partial charge in [-0.25, -0.2) is 4.79 Å². The van der Waals surface area contributed by atoms with E-state index < -0.39 is 6.04 Å². The maximum Gasteiger partial charge on any atom is 0.318 e. The third-order valence-electron chi connectivity index (χ3n) is 9.18. The minimum absolute atomic E-state index is 0.0532. The van der Waals surface area contributed by atoms with Crippen molar-refractivity contribution in [3.63, 3.8) is 0 Å². The van der Waals surface area contributed by atoms with Crippen LogP contribution < -0.4 is 15.5 Å². The number of urea groups is 1. The van der Waals surface area contributed by atoms with Crippen LogP contribution in [0.15, 0.2) is 69.9 Å². The number of carbonyl (C=O) groups excluding carboxylic acids is 3. The monoisotopic (exact) mass is 738 g/mol. The number of benzene rings is 2. The minimum Gasteiger partial charge on any atom is -0.506 e. The van der Waals surface area contributed by atoms with E-state index in [2.05, 4.69) is 58.4 Å². The quantitative estimate of drug-likeness (QED) is 0.335. The van der Waals surface area contributed by atoms with Crippen LogP contribution in [0.25, 0.3) is 0 Å². The Balaban J connectivity index is 1.11. The molecular weight excluding hydrogens is 704 g/mol. The number of phenols is 1. The summed E-state index contributed by atoms with van der Waals surface area (Å²) in [7, 11) is 0. The molecule has 236 valence electrons. The molecular formula is C33H36Br2N6O4. The van der Waals surface area contributed by atoms with Crippen LogP contribution in [0, 0.1) is 11.8 Å². The number of aromatic hydroxyl groups is 1. The summed E-state index contributed by atoms with van der Waals surface area (Å²) in [6.07, 6.45) is 5.95. The Morgan fingerprint density at radius 1 is 0.956 bits per heavy atom. The molecule has 3 N–H and O–H groups in total. The molecule has 3 aliphatic heterocycles. The van der Waals surface area contributed by atoms with Crippen LogP contribution in [0.1, 0.15) is 24.0 Å². The van der Waals surface area contributed by atoms with Gasteiger partial charge in [0.2, 0.25) is 11.8 Å². The van der Waals surface area contributed by atoms with Gasteiger partial charge < -0.3 is 30.4 Å². The SMILES string of the molecule is O=C1Nc2ccccc2CC1C1CCN(C(=O)N[C@H](Cc2cc(Br)c(O)c(Br)c2)C(=O)N2CCN(c3ccncc3)CC2)CC1. The van der Waals surface area contributed by atoms with E-state index in [4.69, 9.17) is 0 Å². The Morgan fingerprint density at radius 3 is 2.31 bits per heavy atom. The van der Waals surface area contributed by atoms with Gasteiger partial charge in [0.05, 0.1) is 8.95 Å². The van der Waals surface area contributed by atoms with E-state index in [1.807, 2.05) is 35.2 Å². The zero-order chi connectivity index (χ0) is 31.5. The third kappa shape index (κ3) is 7.12. The van der Waals surface area contributed by atoms with Gasteiger partial charge in [-0.2, -0.15) is 0 Å². The fraction of sp³-hybridized carbons (Fsp3) is 0.394. The van der Waals surface area contributed by atoms with Crippen LogP contribution in [-0.4, -0.2) is 83.0 Å². The molecule has 0 spiro atoms. The summed E-state index contributed by atoms with van der Waals surface area (Å²) in [5.74, 6) is 0.0683. The van der Waals surface area contributed by atoms with Crippen molar-refractivity contribution in [1.82, 2.24) is 20.1 Å². The zero-order valence-electron chi connectivity index (χ0n) is 24.8. The van der Waals surface area contributed by atoms with Crippen molar-refractivity contribution in [2.24, 2.45) is 11.8 Å². The first-order valence-electron chi connectivity index (χ1n) is 15.3. The minimum atomic E-state index is -0.785. The molecule has 2 atom stereocenters. The van der Waals surface area contributed by atoms with Gasteiger partial charge in [-0.15, -0.1) is 0 Å². The van der Waals surface area contributed by atoms with Gasteiger partial charge >= 0.3 is 6.03 Å². The van der Waals surface area contributed by atoms with Gasteiger partial charge in [-0.1, -0.05) is 18.2 Å². The number of piperidine rings is 1. The smallest absolute Gasteiger partial charge is 0.318 e. The second kappa shape index (κ2) is 13.8. The van der Waals surface area contributed by atoms with E-state index in [0.717, 1.165) is 35.3 Å². The maximum atomic E-state index is 13.9. The standard InChI is InChI=1S/C33H36Br2N6O4/c34-26-17-21(18-27(35)30(26)42)19-29(32(44)40-15-13-39(14-16-40)24-5-9-36-10-6-24)38-33(45)41-11-7-22(8-12-41)25-20-23-3-1-2-4-28(23)37-31(25)43/h1-6,9-10,17-18,22,25,29,42H,7-8,11-16,19-20H2,(H,37,43)(H,38,45)/t25?,29-/m1/s1. The Kier molecular flexibility index (Phi) is 9.60. The number of amides is 4. The molecule has 0 saturated carbocycles. The van der Waals surface area contributed by atoms with Gasteiger partial charge in [0.15, 0.2) is 0 Å². The summed E-state index contributed by atoms with van der Waals surface area (Å²) >= 11 is 6.77. The van der Waals surface area contributed by atoms with Crippen molar-refractivity contribution in [1.29, 1.82) is 0 Å². The van der Waals surface area contributed by atoms with Crippen molar-refractivity contribution in [3.05, 3.63) is 81.0 Å². The lowest BCUT2D eigenvalue weighted by molar-refractivity contribution is -0.133. The average Bonchev–Trinajstić information content (AvgIpc) is 3.06. The van der Waals surface area contributed by atoms with Crippen molar-refractivity contribution in [2.45, 2.75) is 31.7 Å². The predicted octanol–water partition coefficient (Wildman–Crippen LogP) is 4.80. The fourth-order valence-corrected chi connectivity index (χ4v) is 7.91. The molecule has 0 bridgehead atoms. The van der Waals surface area contributed by atoms with Crippen molar-refractivity contribution in [2.75, 3.05) is 49.5 Å². The second-order valence-electron chi connectivity index (χ2n) is 11.9. The van der Waals surface area contributed by atoms with Gasteiger partial charge in [-0.05, 0) is 98.5 Å². The molecule has 3 aliphatic rings. The molecule has 6 rings (SSSR count). The van der Waals surface area contributed by atoms with E-state index in [0.29, 0.717) is 54.6 Å². The van der Waals surface area contributed by atoms with E-state index >= 15 is 0 Å². The second-order valence-corrected chi connectivity index (χ2v) is 13.6. The molecule has 0 radical (unpaired) electrons. The summed E-state index contributed by atoms with van der Waals surface area (Å²) in [6, 6.07) is 14.3. The first-order chi connectivity index (χ1) is 21.8. The largest absolute Gasteiger partial charge is 0.506 e. The number of pyridine rings is 1. The topological polar surface area (TPSA) is 118 Å². The van der Waals surface area contributed by atoms with Crippen molar-refractivity contribution in [3.8, 4) is 5.75 Å². The molecule has 3 aromatic rings. The third-order valence-corrected chi connectivity index (χ3v) is 10.4. The molecule has 4 amide bonds. The lowest BCUT2D eigenvalue weighted by atomic mass is 9.78. The van der Waals surface area contributed by atoms with E-state index in [-0.39, 0.29) is 41.9 Å². The Morgan fingerprint density at radius 2 is 1.62 bits per heavy atom. The van der Waals surface area contributed by atoms with Crippen molar-refractivity contribution >= 4 is 61.1 Å². The first kappa shape index (κ1) is 31.3. The van der Waals surface area contributed by atoms with Crippen LogP contribution in [0.3, 0.4) is 0 Å². The first-order valence-corrected chi connectivity index (χ1v) is 16.9. The summed E-state index contributed by atoms with van der Waals surface area (Å²) in [5.41, 5.74) is 3.90. The van der Waals surface area contributed by atoms with Crippen LogP contribution >= 0.6 is 31.9 Å². The molecule has 2 fully saturated rings. The number of hydrogen-bond donors (Lipinski definition) is 3. The van der Waals surface area contributed by atoms with Gasteiger partial charge in [0.25, 0.3) is 0 Å². The molecule has 45 heavy (non-hydrogen) atoms. The molecule has 2 aromatic carbocycles. The number of anilines is 2. The van der Waals surface area contributed by atoms with E-state index in [1.165, 1.54) is 0 Å². The Hall–Kier alpha value is -3.64. The number of nitrogens with one attached hydrogen (secondary N) is 2. The predicted molar refractivity (Wildman–Crippen MR) is 179 cm³/mol. The lowest BCUT2D eigenvalue weighted by Crippen LogP contribution is -2.58. The van der Waals surface area contributed by atoms with Gasteiger partial charge in [0.1, 0.15) is 11.8 Å². The number of piperazine rings is 1. The highest BCUT2D eigenvalue weighted by Gasteiger charge is 2.37. The molecule has 12 heteroatoms. The molecule has 1 unspecified atom stereocenters. The number of para-hydroxylation sites is 1. The number of fused-ring (bicyclic) bond motifs is 1. The number of phenolic OH excluding ortho intramolecular Hbond substituents is 1. The Labute approximate surface area is 279 Å². The number of nitrogens with zero attached hydrogens (tertiary/aromatic N) is 4. The molecule has 4 heterocycles. The number of halogens is 2. The summed E-state index contributed by atoms with van der Waals surface area (Å²) in [5, 5.41) is 16.3. The van der Waals surface area contributed by atoms with Crippen LogP contribution in [0.5, 0.6) is 5.75 Å². The van der Waals surface area contributed by atoms with Crippen LogP contribution in [-0.2, 0) is 22.4 Å². The highest BCUT2D eigenvalue weighted by atomic mass is 79.9. The summed E-state index contributed by atoms with van der Waals surface area (Å²) in [6.45, 7) is 3.47. The molecule has 0 aliphatic carbocycles. The number of hydrogen-bond acceptors (Lipinski definition) is 6. The van der Waals surface area contributed by atoms with E-state index in [9.17, 15) is 19.5 Å². The van der Waals surface area contributed by atoms with Gasteiger partial charge in [-0.3, -0.25) is 14.6 Å². The van der Waals surface area contributed by atoms with E-state index in [1.54, 1.807) is 29.4 Å². The molecule has 1 aromatic heterocycles.